The Kier molecular flexibility index (Phi) is 4.05. The Bertz CT molecular complexity index is 951. The molecule has 2 aromatic heterocycles. The van der Waals surface area contributed by atoms with Gasteiger partial charge in [-0.3, -0.25) is 9.69 Å². The fourth-order valence-corrected chi connectivity index (χ4v) is 3.43. The van der Waals surface area contributed by atoms with Crippen LogP contribution in [-0.2, 0) is 6.54 Å². The first-order valence-electron chi connectivity index (χ1n) is 8.61. The summed E-state index contributed by atoms with van der Waals surface area (Å²) in [6, 6.07) is 6.31. The van der Waals surface area contributed by atoms with Crippen molar-refractivity contribution in [1.29, 1.82) is 0 Å². The molecule has 6 heteroatoms. The Hall–Kier alpha value is -2.60. The van der Waals surface area contributed by atoms with Crippen LogP contribution in [0.3, 0.4) is 0 Å². The summed E-state index contributed by atoms with van der Waals surface area (Å²) in [6.07, 6.45) is 3.19. The summed E-state index contributed by atoms with van der Waals surface area (Å²) in [6.45, 7) is 8.37. The van der Waals surface area contributed by atoms with Crippen LogP contribution in [0.1, 0.15) is 16.9 Å². The Morgan fingerprint density at radius 2 is 2.00 bits per heavy atom. The third-order valence-electron chi connectivity index (χ3n) is 4.92. The summed E-state index contributed by atoms with van der Waals surface area (Å²) >= 11 is 0. The van der Waals surface area contributed by atoms with E-state index < -0.39 is 0 Å². The Labute approximate surface area is 146 Å². The molecular formula is C19H22N4O2. The molecule has 1 fully saturated rings. The van der Waals surface area contributed by atoms with E-state index in [0.29, 0.717) is 5.82 Å². The summed E-state index contributed by atoms with van der Waals surface area (Å²) in [5.41, 5.74) is 3.30. The highest BCUT2D eigenvalue weighted by atomic mass is 16.3. The van der Waals surface area contributed by atoms with E-state index in [1.54, 1.807) is 12.4 Å². The lowest BCUT2D eigenvalue weighted by molar-refractivity contribution is 0.231. The van der Waals surface area contributed by atoms with Crippen LogP contribution in [-0.4, -0.2) is 41.0 Å². The standard InChI is InChI=1S/C19H22N4O2/c1-13-3-4-16-15(11-13)14(2)17(25-16)12-22-7-9-23(10-8-22)18-19(24)21-6-5-20-18/h3-6,11H,7-10,12H2,1-2H3,(H,21,24). The highest BCUT2D eigenvalue weighted by Gasteiger charge is 2.22. The van der Waals surface area contributed by atoms with E-state index in [1.165, 1.54) is 16.5 Å². The van der Waals surface area contributed by atoms with Crippen LogP contribution < -0.4 is 10.5 Å². The molecule has 0 saturated carbocycles. The van der Waals surface area contributed by atoms with Crippen molar-refractivity contribution < 1.29 is 4.42 Å². The normalized spacial score (nSPS) is 15.8. The zero-order valence-electron chi connectivity index (χ0n) is 14.6. The van der Waals surface area contributed by atoms with E-state index in [9.17, 15) is 4.79 Å². The zero-order valence-corrected chi connectivity index (χ0v) is 14.6. The van der Waals surface area contributed by atoms with Gasteiger partial charge in [-0.2, -0.15) is 0 Å². The molecule has 1 aliphatic heterocycles. The maximum Gasteiger partial charge on any atom is 0.290 e. The van der Waals surface area contributed by atoms with Crippen LogP contribution >= 0.6 is 0 Å². The fourth-order valence-electron chi connectivity index (χ4n) is 3.43. The number of anilines is 1. The number of furan rings is 1. The summed E-state index contributed by atoms with van der Waals surface area (Å²) in [4.78, 5) is 23.2. The number of hydrogen-bond donors (Lipinski definition) is 1. The van der Waals surface area contributed by atoms with Crippen LogP contribution in [0.15, 0.2) is 39.8 Å². The van der Waals surface area contributed by atoms with Gasteiger partial charge in [0.1, 0.15) is 11.3 Å². The van der Waals surface area contributed by atoms with E-state index in [1.807, 2.05) is 11.0 Å². The molecule has 0 amide bonds. The van der Waals surface area contributed by atoms with Gasteiger partial charge in [-0.25, -0.2) is 4.98 Å². The molecule has 0 bridgehead atoms. The van der Waals surface area contributed by atoms with Crippen molar-refractivity contribution in [3.05, 3.63) is 57.8 Å². The highest BCUT2D eigenvalue weighted by Crippen LogP contribution is 2.27. The number of H-pyrrole nitrogens is 1. The van der Waals surface area contributed by atoms with Crippen molar-refractivity contribution in [2.75, 3.05) is 31.1 Å². The molecule has 4 rings (SSSR count). The maximum atomic E-state index is 11.9. The molecule has 130 valence electrons. The third-order valence-corrected chi connectivity index (χ3v) is 4.92. The SMILES string of the molecule is Cc1ccc2oc(CN3CCN(c4ncc[nH]c4=O)CC3)c(C)c2c1. The number of aromatic nitrogens is 2. The number of nitrogens with one attached hydrogen (secondary N) is 1. The number of fused-ring (bicyclic) bond motifs is 1. The van der Waals surface area contributed by atoms with Gasteiger partial charge >= 0.3 is 0 Å². The van der Waals surface area contributed by atoms with Gasteiger partial charge in [0.05, 0.1) is 6.54 Å². The van der Waals surface area contributed by atoms with E-state index in [-0.39, 0.29) is 5.56 Å². The molecule has 1 aliphatic rings. The second-order valence-electron chi connectivity index (χ2n) is 6.65. The number of aryl methyl sites for hydroxylation is 2. The molecule has 6 nitrogen and oxygen atoms in total. The van der Waals surface area contributed by atoms with E-state index in [0.717, 1.165) is 44.1 Å². The first-order chi connectivity index (χ1) is 12.1. The van der Waals surface area contributed by atoms with Gasteiger partial charge in [0, 0.05) is 44.0 Å². The van der Waals surface area contributed by atoms with Crippen molar-refractivity contribution in [2.24, 2.45) is 0 Å². The van der Waals surface area contributed by atoms with E-state index in [4.69, 9.17) is 4.42 Å². The molecule has 3 aromatic rings. The summed E-state index contributed by atoms with van der Waals surface area (Å²) in [7, 11) is 0. The van der Waals surface area contributed by atoms with Gasteiger partial charge in [0.15, 0.2) is 5.82 Å². The minimum Gasteiger partial charge on any atom is -0.459 e. The zero-order chi connectivity index (χ0) is 17.4. The van der Waals surface area contributed by atoms with Crippen LogP contribution in [0.25, 0.3) is 11.0 Å². The average Bonchev–Trinajstić information content (AvgIpc) is 2.92. The van der Waals surface area contributed by atoms with E-state index >= 15 is 0 Å². The molecule has 0 spiro atoms. The van der Waals surface area contributed by atoms with Gasteiger partial charge in [0.2, 0.25) is 0 Å². The Balaban J connectivity index is 1.46. The van der Waals surface area contributed by atoms with Crippen LogP contribution in [0.5, 0.6) is 0 Å². The number of aromatic amines is 1. The molecule has 25 heavy (non-hydrogen) atoms. The van der Waals surface area contributed by atoms with Crippen LogP contribution in [0.4, 0.5) is 5.82 Å². The highest BCUT2D eigenvalue weighted by molar-refractivity contribution is 5.82. The topological polar surface area (TPSA) is 65.4 Å². The van der Waals surface area contributed by atoms with Crippen molar-refractivity contribution in [1.82, 2.24) is 14.9 Å². The maximum absolute atomic E-state index is 11.9. The number of rotatable bonds is 3. The van der Waals surface area contributed by atoms with Crippen molar-refractivity contribution >= 4 is 16.8 Å². The largest absolute Gasteiger partial charge is 0.459 e. The third kappa shape index (κ3) is 3.05. The van der Waals surface area contributed by atoms with Crippen LogP contribution in [0, 0.1) is 13.8 Å². The first-order valence-corrected chi connectivity index (χ1v) is 8.61. The molecule has 0 atom stereocenters. The van der Waals surface area contributed by atoms with Crippen molar-refractivity contribution in [3.8, 4) is 0 Å². The summed E-state index contributed by atoms with van der Waals surface area (Å²) < 4.78 is 6.06. The molecule has 1 saturated heterocycles. The summed E-state index contributed by atoms with van der Waals surface area (Å²) in [5, 5.41) is 1.20. The van der Waals surface area contributed by atoms with Gasteiger partial charge in [-0.1, -0.05) is 11.6 Å². The lowest BCUT2D eigenvalue weighted by Gasteiger charge is -2.34. The van der Waals surface area contributed by atoms with Gasteiger partial charge < -0.3 is 14.3 Å². The molecule has 1 aromatic carbocycles. The smallest absolute Gasteiger partial charge is 0.290 e. The van der Waals surface area contributed by atoms with Crippen molar-refractivity contribution in [2.45, 2.75) is 20.4 Å². The Morgan fingerprint density at radius 1 is 1.20 bits per heavy atom. The predicted octanol–water partition coefficient (Wildman–Crippen LogP) is 2.46. The molecule has 0 unspecified atom stereocenters. The first kappa shape index (κ1) is 15.9. The number of piperazine rings is 1. The fraction of sp³-hybridized carbons (Fsp3) is 0.368. The van der Waals surface area contributed by atoms with Crippen molar-refractivity contribution in [3.63, 3.8) is 0 Å². The van der Waals surface area contributed by atoms with Crippen LogP contribution in [0.2, 0.25) is 0 Å². The van der Waals surface area contributed by atoms with Gasteiger partial charge in [-0.15, -0.1) is 0 Å². The second kappa shape index (κ2) is 6.37. The van der Waals surface area contributed by atoms with Gasteiger partial charge in [0.25, 0.3) is 5.56 Å². The van der Waals surface area contributed by atoms with Gasteiger partial charge in [-0.05, 0) is 31.5 Å². The average molecular weight is 338 g/mol. The second-order valence-corrected chi connectivity index (χ2v) is 6.65. The molecule has 3 heterocycles. The predicted molar refractivity (Wildman–Crippen MR) is 98.0 cm³/mol. The monoisotopic (exact) mass is 338 g/mol. The molecular weight excluding hydrogens is 316 g/mol. The number of nitrogens with zero attached hydrogens (tertiary/aromatic N) is 3. The molecule has 0 radical (unpaired) electrons. The lowest BCUT2D eigenvalue weighted by atomic mass is 10.1. The number of hydrogen-bond acceptors (Lipinski definition) is 5. The minimum atomic E-state index is -0.126. The quantitative estimate of drug-likeness (QED) is 0.795. The number of benzene rings is 1. The molecule has 0 aliphatic carbocycles. The minimum absolute atomic E-state index is 0.126. The Morgan fingerprint density at radius 3 is 2.76 bits per heavy atom. The summed E-state index contributed by atoms with van der Waals surface area (Å²) in [5.74, 6) is 1.54. The molecule has 1 N–H and O–H groups in total. The lowest BCUT2D eigenvalue weighted by Crippen LogP contribution is -2.47. The van der Waals surface area contributed by atoms with E-state index in [2.05, 4.69) is 40.8 Å².